The Balaban J connectivity index is 2.17. The van der Waals surface area contributed by atoms with Crippen molar-refractivity contribution in [2.24, 2.45) is 0 Å². The standard InChI is InChI=1S/C11H13NOS2/c1-8-4-6-14-10(8)11-12-9(7-15-11)3-2-5-13/h4,6-7,13H,2-3,5H2,1H3. The highest BCUT2D eigenvalue weighted by Gasteiger charge is 2.08. The Bertz CT molecular complexity index is 433. The molecule has 2 aromatic rings. The van der Waals surface area contributed by atoms with Gasteiger partial charge in [0.25, 0.3) is 0 Å². The molecule has 0 bridgehead atoms. The van der Waals surface area contributed by atoms with E-state index < -0.39 is 0 Å². The van der Waals surface area contributed by atoms with Crippen LogP contribution in [-0.4, -0.2) is 16.7 Å². The van der Waals surface area contributed by atoms with Gasteiger partial charge in [0.1, 0.15) is 5.01 Å². The zero-order chi connectivity index (χ0) is 10.7. The molecule has 0 aliphatic heterocycles. The maximum atomic E-state index is 8.74. The van der Waals surface area contributed by atoms with E-state index in [0.29, 0.717) is 0 Å². The van der Waals surface area contributed by atoms with Crippen molar-refractivity contribution in [3.05, 3.63) is 28.1 Å². The van der Waals surface area contributed by atoms with Gasteiger partial charge in [0.05, 0.1) is 10.6 Å². The molecule has 0 atom stereocenters. The maximum absolute atomic E-state index is 8.74. The van der Waals surface area contributed by atoms with Crippen molar-refractivity contribution in [1.29, 1.82) is 0 Å². The Morgan fingerprint density at radius 2 is 2.27 bits per heavy atom. The summed E-state index contributed by atoms with van der Waals surface area (Å²) < 4.78 is 0. The minimum Gasteiger partial charge on any atom is -0.396 e. The molecule has 80 valence electrons. The Morgan fingerprint density at radius 3 is 2.93 bits per heavy atom. The third-order valence-corrected chi connectivity index (χ3v) is 4.26. The Labute approximate surface area is 97.2 Å². The number of thiazole rings is 1. The molecule has 2 nitrogen and oxygen atoms in total. The molecule has 0 saturated heterocycles. The maximum Gasteiger partial charge on any atom is 0.133 e. The third-order valence-electron chi connectivity index (χ3n) is 2.20. The Kier molecular flexibility index (Phi) is 3.51. The van der Waals surface area contributed by atoms with Crippen LogP contribution in [-0.2, 0) is 6.42 Å². The lowest BCUT2D eigenvalue weighted by molar-refractivity contribution is 0.288. The third kappa shape index (κ3) is 2.45. The number of hydrogen-bond donors (Lipinski definition) is 1. The van der Waals surface area contributed by atoms with Crippen molar-refractivity contribution < 1.29 is 5.11 Å². The molecule has 0 aliphatic rings. The van der Waals surface area contributed by atoms with Crippen LogP contribution in [0.5, 0.6) is 0 Å². The predicted molar refractivity (Wildman–Crippen MR) is 65.6 cm³/mol. The van der Waals surface area contributed by atoms with Crippen molar-refractivity contribution >= 4 is 22.7 Å². The van der Waals surface area contributed by atoms with Gasteiger partial charge in [-0.05, 0) is 36.8 Å². The SMILES string of the molecule is Cc1ccsc1-c1nc(CCCO)cs1. The minimum atomic E-state index is 0.241. The topological polar surface area (TPSA) is 33.1 Å². The largest absolute Gasteiger partial charge is 0.396 e. The highest BCUT2D eigenvalue weighted by molar-refractivity contribution is 7.20. The van der Waals surface area contributed by atoms with Gasteiger partial charge in [0.15, 0.2) is 0 Å². The second kappa shape index (κ2) is 4.88. The Hall–Kier alpha value is -0.710. The molecule has 0 spiro atoms. The summed E-state index contributed by atoms with van der Waals surface area (Å²) >= 11 is 3.43. The normalized spacial score (nSPS) is 10.8. The molecule has 15 heavy (non-hydrogen) atoms. The van der Waals surface area contributed by atoms with Crippen molar-refractivity contribution in [2.45, 2.75) is 19.8 Å². The van der Waals surface area contributed by atoms with Crippen molar-refractivity contribution in [2.75, 3.05) is 6.61 Å². The first-order valence-corrected chi connectivity index (χ1v) is 6.67. The minimum absolute atomic E-state index is 0.241. The number of nitrogens with zero attached hydrogens (tertiary/aromatic N) is 1. The van der Waals surface area contributed by atoms with Crippen LogP contribution >= 0.6 is 22.7 Å². The second-order valence-electron chi connectivity index (χ2n) is 3.40. The van der Waals surface area contributed by atoms with Crippen LogP contribution in [0.4, 0.5) is 0 Å². The molecule has 0 aliphatic carbocycles. The number of aromatic nitrogens is 1. The zero-order valence-corrected chi connectivity index (χ0v) is 10.2. The van der Waals surface area contributed by atoms with E-state index in [2.05, 4.69) is 28.7 Å². The summed E-state index contributed by atoms with van der Waals surface area (Å²) in [6, 6.07) is 2.12. The fourth-order valence-corrected chi connectivity index (χ4v) is 3.33. The number of hydrogen-bond acceptors (Lipinski definition) is 4. The molecular weight excluding hydrogens is 226 g/mol. The van der Waals surface area contributed by atoms with E-state index >= 15 is 0 Å². The lowest BCUT2D eigenvalue weighted by atomic mass is 10.2. The van der Waals surface area contributed by atoms with Crippen LogP contribution in [0, 0.1) is 6.92 Å². The van der Waals surface area contributed by atoms with Gasteiger partial charge in [-0.1, -0.05) is 0 Å². The molecule has 2 aromatic heterocycles. The van der Waals surface area contributed by atoms with E-state index in [1.54, 1.807) is 22.7 Å². The van der Waals surface area contributed by atoms with E-state index in [4.69, 9.17) is 5.11 Å². The summed E-state index contributed by atoms with van der Waals surface area (Å²) in [5.74, 6) is 0. The second-order valence-corrected chi connectivity index (χ2v) is 5.18. The van der Waals surface area contributed by atoms with Gasteiger partial charge in [0.2, 0.25) is 0 Å². The number of aryl methyl sites for hydroxylation is 2. The first-order valence-electron chi connectivity index (χ1n) is 4.91. The number of aliphatic hydroxyl groups excluding tert-OH is 1. The average molecular weight is 239 g/mol. The summed E-state index contributed by atoms with van der Waals surface area (Å²) in [4.78, 5) is 5.84. The average Bonchev–Trinajstić information content (AvgIpc) is 2.83. The fraction of sp³-hybridized carbons (Fsp3) is 0.364. The summed E-state index contributed by atoms with van der Waals surface area (Å²) in [5.41, 5.74) is 2.39. The number of aliphatic hydroxyl groups is 1. The van der Waals surface area contributed by atoms with Crippen LogP contribution in [0.25, 0.3) is 9.88 Å². The lowest BCUT2D eigenvalue weighted by Crippen LogP contribution is -1.89. The number of thiophene rings is 1. The first-order chi connectivity index (χ1) is 7.31. The first kappa shape index (κ1) is 10.8. The molecule has 2 heterocycles. The van der Waals surface area contributed by atoms with Crippen LogP contribution < -0.4 is 0 Å². The molecule has 2 rings (SSSR count). The van der Waals surface area contributed by atoms with Gasteiger partial charge < -0.3 is 5.11 Å². The summed E-state index contributed by atoms with van der Waals surface area (Å²) in [6.45, 7) is 2.35. The zero-order valence-electron chi connectivity index (χ0n) is 8.56. The van der Waals surface area contributed by atoms with E-state index in [1.807, 2.05) is 0 Å². The monoisotopic (exact) mass is 239 g/mol. The van der Waals surface area contributed by atoms with Crippen LogP contribution in [0.15, 0.2) is 16.8 Å². The van der Waals surface area contributed by atoms with E-state index in [0.717, 1.165) is 23.5 Å². The van der Waals surface area contributed by atoms with Crippen LogP contribution in [0.1, 0.15) is 17.7 Å². The van der Waals surface area contributed by atoms with E-state index in [-0.39, 0.29) is 6.61 Å². The van der Waals surface area contributed by atoms with Gasteiger partial charge >= 0.3 is 0 Å². The molecule has 0 saturated carbocycles. The fourth-order valence-electron chi connectivity index (χ4n) is 1.38. The van der Waals surface area contributed by atoms with E-state index in [1.165, 1.54) is 10.4 Å². The summed E-state index contributed by atoms with van der Waals surface area (Å²) in [7, 11) is 0. The van der Waals surface area contributed by atoms with Gasteiger partial charge in [-0.2, -0.15) is 0 Å². The van der Waals surface area contributed by atoms with Crippen LogP contribution in [0.2, 0.25) is 0 Å². The summed E-state index contributed by atoms with van der Waals surface area (Å²) in [5, 5.41) is 14.0. The molecule has 0 fully saturated rings. The highest BCUT2D eigenvalue weighted by Crippen LogP contribution is 2.31. The summed E-state index contributed by atoms with van der Waals surface area (Å²) in [6.07, 6.45) is 1.67. The molecule has 1 N–H and O–H groups in total. The van der Waals surface area contributed by atoms with Crippen molar-refractivity contribution in [3.63, 3.8) is 0 Å². The molecular formula is C11H13NOS2. The van der Waals surface area contributed by atoms with Crippen LogP contribution in [0.3, 0.4) is 0 Å². The molecule has 0 radical (unpaired) electrons. The predicted octanol–water partition coefficient (Wildman–Crippen LogP) is 3.10. The Morgan fingerprint density at radius 1 is 1.40 bits per heavy atom. The molecule has 0 aromatic carbocycles. The quantitative estimate of drug-likeness (QED) is 0.889. The molecule has 0 amide bonds. The molecule has 4 heteroatoms. The smallest absolute Gasteiger partial charge is 0.133 e. The van der Waals surface area contributed by atoms with Gasteiger partial charge in [-0.3, -0.25) is 0 Å². The van der Waals surface area contributed by atoms with Crippen molar-refractivity contribution in [3.8, 4) is 9.88 Å². The van der Waals surface area contributed by atoms with Gasteiger partial charge in [0, 0.05) is 12.0 Å². The number of rotatable bonds is 4. The lowest BCUT2D eigenvalue weighted by Gasteiger charge is -1.93. The van der Waals surface area contributed by atoms with Crippen molar-refractivity contribution in [1.82, 2.24) is 4.98 Å². The highest BCUT2D eigenvalue weighted by atomic mass is 32.1. The van der Waals surface area contributed by atoms with Gasteiger partial charge in [-0.25, -0.2) is 4.98 Å². The van der Waals surface area contributed by atoms with Gasteiger partial charge in [-0.15, -0.1) is 22.7 Å². The molecule has 0 unspecified atom stereocenters. The van der Waals surface area contributed by atoms with E-state index in [9.17, 15) is 0 Å².